The Labute approximate surface area is 174 Å². The topological polar surface area (TPSA) is 45.6 Å². The number of nitrogens with zero attached hydrogens (tertiary/aromatic N) is 3. The van der Waals surface area contributed by atoms with Crippen LogP contribution in [0.3, 0.4) is 0 Å². The van der Waals surface area contributed by atoms with E-state index in [0.29, 0.717) is 26.1 Å². The maximum Gasteiger partial charge on any atom is 0.242 e. The van der Waals surface area contributed by atoms with Crippen LogP contribution in [0.5, 0.6) is 0 Å². The molecule has 0 unspecified atom stereocenters. The van der Waals surface area contributed by atoms with Gasteiger partial charge in [-0.3, -0.25) is 9.59 Å². The Balaban J connectivity index is 2.18. The molecule has 0 fully saturated rings. The Hall–Kier alpha value is -2.82. The third-order valence-corrected chi connectivity index (χ3v) is 4.68. The van der Waals surface area contributed by atoms with E-state index in [2.05, 4.69) is 6.58 Å². The van der Waals surface area contributed by atoms with Crippen molar-refractivity contribution < 1.29 is 9.59 Å². The van der Waals surface area contributed by atoms with E-state index in [-0.39, 0.29) is 23.8 Å². The lowest BCUT2D eigenvalue weighted by atomic mass is 9.91. The number of aromatic nitrogens is 1. The van der Waals surface area contributed by atoms with Crippen molar-refractivity contribution in [3.63, 3.8) is 0 Å². The Kier molecular flexibility index (Phi) is 7.82. The van der Waals surface area contributed by atoms with Crippen LogP contribution < -0.4 is 0 Å². The molecule has 0 radical (unpaired) electrons. The summed E-state index contributed by atoms with van der Waals surface area (Å²) in [7, 11) is 1.97. The second kappa shape index (κ2) is 10.1. The van der Waals surface area contributed by atoms with Crippen molar-refractivity contribution in [3.05, 3.63) is 72.6 Å². The Bertz CT molecular complexity index is 818. The average Bonchev–Trinajstić information content (AvgIpc) is 3.05. The van der Waals surface area contributed by atoms with Crippen LogP contribution in [0.25, 0.3) is 0 Å². The highest BCUT2D eigenvalue weighted by Crippen LogP contribution is 2.20. The molecule has 0 aliphatic rings. The molecule has 0 spiro atoms. The number of benzene rings is 1. The predicted octanol–water partition coefficient (Wildman–Crippen LogP) is 4.00. The SMILES string of the molecule is C=CCN(CC(=O)N(Cc1ccccc1)Cc1cccn1C)C(=O)CC(C)(C)C. The monoisotopic (exact) mass is 395 g/mol. The number of hydrogen-bond donors (Lipinski definition) is 0. The fraction of sp³-hybridized carbons (Fsp3) is 0.417. The van der Waals surface area contributed by atoms with Gasteiger partial charge in [0.1, 0.15) is 6.54 Å². The standard InChI is InChI=1S/C24H33N3O2/c1-6-14-26(22(28)16-24(2,3)4)19-23(29)27(17-20-11-8-7-9-12-20)18-21-13-10-15-25(21)5/h6-13,15H,1,14,16-19H2,2-5H3. The maximum atomic E-state index is 13.2. The van der Waals surface area contributed by atoms with E-state index >= 15 is 0 Å². The summed E-state index contributed by atoms with van der Waals surface area (Å²) < 4.78 is 2.01. The van der Waals surface area contributed by atoms with Gasteiger partial charge in [0.2, 0.25) is 11.8 Å². The third kappa shape index (κ3) is 7.26. The largest absolute Gasteiger partial charge is 0.353 e. The lowest BCUT2D eigenvalue weighted by molar-refractivity contribution is -0.141. The summed E-state index contributed by atoms with van der Waals surface area (Å²) in [5, 5.41) is 0. The lowest BCUT2D eigenvalue weighted by Gasteiger charge is -2.29. The molecule has 5 heteroatoms. The van der Waals surface area contributed by atoms with Crippen molar-refractivity contribution in [1.29, 1.82) is 0 Å². The molecule has 5 nitrogen and oxygen atoms in total. The molecule has 2 rings (SSSR count). The third-order valence-electron chi connectivity index (χ3n) is 4.68. The zero-order chi connectivity index (χ0) is 21.4. The summed E-state index contributed by atoms with van der Waals surface area (Å²) in [6, 6.07) is 13.9. The molecular weight excluding hydrogens is 362 g/mol. The minimum Gasteiger partial charge on any atom is -0.353 e. The van der Waals surface area contributed by atoms with Crippen LogP contribution in [0.15, 0.2) is 61.3 Å². The quantitative estimate of drug-likeness (QED) is 0.603. The summed E-state index contributed by atoms with van der Waals surface area (Å²) in [4.78, 5) is 29.4. The van der Waals surface area contributed by atoms with Gasteiger partial charge < -0.3 is 14.4 Å². The Morgan fingerprint density at radius 3 is 2.24 bits per heavy atom. The van der Waals surface area contributed by atoms with Crippen molar-refractivity contribution in [2.75, 3.05) is 13.1 Å². The van der Waals surface area contributed by atoms with E-state index in [1.165, 1.54) is 0 Å². The first-order chi connectivity index (χ1) is 13.7. The number of carbonyl (C=O) groups is 2. The molecule has 2 aromatic rings. The van der Waals surface area contributed by atoms with Crippen molar-refractivity contribution >= 4 is 11.8 Å². The van der Waals surface area contributed by atoms with E-state index < -0.39 is 0 Å². The van der Waals surface area contributed by atoms with Gasteiger partial charge in [0, 0.05) is 38.4 Å². The molecule has 29 heavy (non-hydrogen) atoms. The van der Waals surface area contributed by atoms with Crippen LogP contribution in [-0.2, 0) is 29.7 Å². The van der Waals surface area contributed by atoms with Gasteiger partial charge in [-0.15, -0.1) is 6.58 Å². The maximum absolute atomic E-state index is 13.2. The van der Waals surface area contributed by atoms with Gasteiger partial charge in [-0.2, -0.15) is 0 Å². The number of rotatable bonds is 9. The van der Waals surface area contributed by atoms with Crippen molar-refractivity contribution in [2.24, 2.45) is 12.5 Å². The zero-order valence-electron chi connectivity index (χ0n) is 18.1. The first kappa shape index (κ1) is 22.5. The normalized spacial score (nSPS) is 11.2. The molecule has 1 aromatic heterocycles. The first-order valence-electron chi connectivity index (χ1n) is 10.00. The molecule has 0 aliphatic carbocycles. The smallest absolute Gasteiger partial charge is 0.242 e. The van der Waals surface area contributed by atoms with Gasteiger partial charge in [0.05, 0.1) is 6.54 Å². The molecule has 156 valence electrons. The van der Waals surface area contributed by atoms with Crippen molar-refractivity contribution in [1.82, 2.24) is 14.4 Å². The average molecular weight is 396 g/mol. The summed E-state index contributed by atoms with van der Waals surface area (Å²) in [6.07, 6.45) is 4.04. The molecular formula is C24H33N3O2. The number of hydrogen-bond acceptors (Lipinski definition) is 2. The fourth-order valence-electron chi connectivity index (χ4n) is 3.13. The molecule has 2 amide bonds. The molecule has 0 atom stereocenters. The molecule has 0 N–H and O–H groups in total. The van der Waals surface area contributed by atoms with Gasteiger partial charge in [0.15, 0.2) is 0 Å². The molecule has 0 saturated carbocycles. The highest BCUT2D eigenvalue weighted by atomic mass is 16.2. The van der Waals surface area contributed by atoms with Crippen LogP contribution in [0.4, 0.5) is 0 Å². The second-order valence-corrected chi connectivity index (χ2v) is 8.65. The number of carbonyl (C=O) groups excluding carboxylic acids is 2. The van der Waals surface area contributed by atoms with Gasteiger partial charge in [-0.1, -0.05) is 57.2 Å². The van der Waals surface area contributed by atoms with Crippen LogP contribution in [-0.4, -0.2) is 39.3 Å². The van der Waals surface area contributed by atoms with Crippen molar-refractivity contribution in [2.45, 2.75) is 40.3 Å². The fourth-order valence-corrected chi connectivity index (χ4v) is 3.13. The lowest BCUT2D eigenvalue weighted by Crippen LogP contribution is -2.43. The summed E-state index contributed by atoms with van der Waals surface area (Å²) in [5.74, 6) is -0.0940. The molecule has 0 saturated heterocycles. The van der Waals surface area contributed by atoms with E-state index in [1.54, 1.807) is 11.0 Å². The van der Waals surface area contributed by atoms with Gasteiger partial charge >= 0.3 is 0 Å². The molecule has 1 heterocycles. The van der Waals surface area contributed by atoms with Gasteiger partial charge in [-0.05, 0) is 23.1 Å². The minimum absolute atomic E-state index is 0.0238. The van der Waals surface area contributed by atoms with E-state index in [1.807, 2.05) is 85.9 Å². The zero-order valence-corrected chi connectivity index (χ0v) is 18.1. The number of amides is 2. The van der Waals surface area contributed by atoms with Crippen molar-refractivity contribution in [3.8, 4) is 0 Å². The first-order valence-corrected chi connectivity index (χ1v) is 10.00. The predicted molar refractivity (Wildman–Crippen MR) is 117 cm³/mol. The number of aryl methyl sites for hydroxylation is 1. The molecule has 0 aliphatic heterocycles. The Morgan fingerprint density at radius 1 is 1.00 bits per heavy atom. The summed E-state index contributed by atoms with van der Waals surface area (Å²) in [5.41, 5.74) is 1.98. The highest BCUT2D eigenvalue weighted by molar-refractivity contribution is 5.85. The second-order valence-electron chi connectivity index (χ2n) is 8.65. The van der Waals surface area contributed by atoms with E-state index in [9.17, 15) is 9.59 Å². The van der Waals surface area contributed by atoms with Crippen LogP contribution in [0.2, 0.25) is 0 Å². The Morgan fingerprint density at radius 2 is 1.69 bits per heavy atom. The van der Waals surface area contributed by atoms with E-state index in [0.717, 1.165) is 11.3 Å². The van der Waals surface area contributed by atoms with Gasteiger partial charge in [0.25, 0.3) is 0 Å². The van der Waals surface area contributed by atoms with Crippen LogP contribution >= 0.6 is 0 Å². The highest BCUT2D eigenvalue weighted by Gasteiger charge is 2.25. The van der Waals surface area contributed by atoms with Gasteiger partial charge in [-0.25, -0.2) is 0 Å². The molecule has 1 aromatic carbocycles. The van der Waals surface area contributed by atoms with Crippen LogP contribution in [0, 0.1) is 5.41 Å². The van der Waals surface area contributed by atoms with E-state index in [4.69, 9.17) is 0 Å². The summed E-state index contributed by atoms with van der Waals surface area (Å²) >= 11 is 0. The summed E-state index contributed by atoms with van der Waals surface area (Å²) in [6.45, 7) is 11.2. The minimum atomic E-state index is -0.133. The van der Waals surface area contributed by atoms with Crippen LogP contribution in [0.1, 0.15) is 38.4 Å². The molecule has 0 bridgehead atoms.